The van der Waals surface area contributed by atoms with Crippen molar-refractivity contribution in [1.29, 1.82) is 0 Å². The highest BCUT2D eigenvalue weighted by Crippen LogP contribution is 2.37. The van der Waals surface area contributed by atoms with Gasteiger partial charge in [-0.15, -0.1) is 0 Å². The normalized spacial score (nSPS) is 27.0. The topological polar surface area (TPSA) is 96.0 Å². The lowest BCUT2D eigenvalue weighted by Crippen LogP contribution is -2.67. The number of sulfonamides is 1. The molecule has 21 heavy (non-hydrogen) atoms. The zero-order valence-electron chi connectivity index (χ0n) is 12.6. The van der Waals surface area contributed by atoms with E-state index >= 15 is 0 Å². The smallest absolute Gasteiger partial charge is 0.281 e. The molecule has 2 aliphatic heterocycles. The number of hydrogen-bond donors (Lipinski definition) is 1. The van der Waals surface area contributed by atoms with Crippen molar-refractivity contribution in [3.05, 3.63) is 0 Å². The van der Waals surface area contributed by atoms with Gasteiger partial charge in [0.15, 0.2) is 0 Å². The van der Waals surface area contributed by atoms with Gasteiger partial charge in [0.2, 0.25) is 10.0 Å². The van der Waals surface area contributed by atoms with Crippen LogP contribution in [0.4, 0.5) is 0 Å². The van der Waals surface area contributed by atoms with Gasteiger partial charge in [0.25, 0.3) is 10.2 Å². The maximum absolute atomic E-state index is 11.9. The Kier molecular flexibility index (Phi) is 4.68. The van der Waals surface area contributed by atoms with E-state index in [-0.39, 0.29) is 11.5 Å². The molecule has 0 aromatic carbocycles. The first-order valence-corrected chi connectivity index (χ1v) is 10.1. The van der Waals surface area contributed by atoms with E-state index in [1.165, 1.54) is 22.7 Å². The third-order valence-electron chi connectivity index (χ3n) is 3.98. The Labute approximate surface area is 126 Å². The lowest BCUT2D eigenvalue weighted by Gasteiger charge is -2.52. The van der Waals surface area contributed by atoms with Gasteiger partial charge >= 0.3 is 0 Å². The number of nitrogens with one attached hydrogen (secondary N) is 1. The first-order chi connectivity index (χ1) is 9.54. The minimum atomic E-state index is -3.36. The zero-order chi connectivity index (χ0) is 15.9. The molecule has 0 amide bonds. The van der Waals surface area contributed by atoms with E-state index in [0.29, 0.717) is 26.2 Å². The van der Waals surface area contributed by atoms with Crippen molar-refractivity contribution in [2.45, 2.75) is 18.4 Å². The van der Waals surface area contributed by atoms with Crippen molar-refractivity contribution in [2.75, 3.05) is 46.6 Å². The molecule has 10 heteroatoms. The molecule has 1 N–H and O–H groups in total. The van der Waals surface area contributed by atoms with Gasteiger partial charge in [-0.25, -0.2) is 13.1 Å². The predicted molar refractivity (Wildman–Crippen MR) is 78.4 cm³/mol. The Bertz CT molecular complexity index is 571. The first kappa shape index (κ1) is 17.1. The average molecular weight is 341 g/mol. The van der Waals surface area contributed by atoms with Gasteiger partial charge < -0.3 is 4.74 Å². The number of ether oxygens (including phenoxy) is 1. The summed E-state index contributed by atoms with van der Waals surface area (Å²) >= 11 is 0. The fourth-order valence-electron chi connectivity index (χ4n) is 2.59. The summed E-state index contributed by atoms with van der Waals surface area (Å²) in [4.78, 5) is 0. The van der Waals surface area contributed by atoms with E-state index in [2.05, 4.69) is 4.72 Å². The summed E-state index contributed by atoms with van der Waals surface area (Å²) in [5.74, 6) is 0.143. The summed E-state index contributed by atoms with van der Waals surface area (Å²) < 4.78 is 56.9. The number of rotatable bonds is 5. The van der Waals surface area contributed by atoms with Crippen LogP contribution in [0.25, 0.3) is 0 Å². The third-order valence-corrected chi connectivity index (χ3v) is 6.51. The van der Waals surface area contributed by atoms with E-state index in [4.69, 9.17) is 4.74 Å². The molecule has 2 heterocycles. The van der Waals surface area contributed by atoms with Crippen LogP contribution >= 0.6 is 0 Å². The maximum Gasteiger partial charge on any atom is 0.281 e. The highest BCUT2D eigenvalue weighted by molar-refractivity contribution is 7.88. The monoisotopic (exact) mass is 341 g/mol. The van der Waals surface area contributed by atoms with Crippen molar-refractivity contribution >= 4 is 20.2 Å². The van der Waals surface area contributed by atoms with Gasteiger partial charge in [-0.2, -0.15) is 17.0 Å². The van der Waals surface area contributed by atoms with E-state index in [9.17, 15) is 16.8 Å². The summed E-state index contributed by atoms with van der Waals surface area (Å²) in [6.07, 6.45) is 2.72. The molecular weight excluding hydrogens is 318 g/mol. The van der Waals surface area contributed by atoms with Crippen molar-refractivity contribution in [3.8, 4) is 0 Å². The molecule has 2 aliphatic rings. The quantitative estimate of drug-likeness (QED) is 0.679. The summed E-state index contributed by atoms with van der Waals surface area (Å²) in [7, 11) is -3.53. The minimum Gasteiger partial charge on any atom is -0.372 e. The lowest BCUT2D eigenvalue weighted by atomic mass is 9.84. The van der Waals surface area contributed by atoms with E-state index < -0.39 is 20.2 Å². The fourth-order valence-corrected chi connectivity index (χ4v) is 4.38. The second-order valence-corrected chi connectivity index (χ2v) is 10.1. The first-order valence-electron chi connectivity index (χ1n) is 6.80. The molecule has 8 nitrogen and oxygen atoms in total. The molecule has 0 radical (unpaired) electrons. The Hall–Kier alpha value is -0.260. The molecule has 0 saturated carbocycles. The third kappa shape index (κ3) is 3.93. The molecule has 0 aromatic heterocycles. The van der Waals surface area contributed by atoms with E-state index in [1.807, 2.05) is 0 Å². The molecular formula is C11H23N3O5S2. The summed E-state index contributed by atoms with van der Waals surface area (Å²) in [6.45, 7) is 1.58. The minimum absolute atomic E-state index is 0.143. The van der Waals surface area contributed by atoms with Gasteiger partial charge in [-0.05, 0) is 18.8 Å². The van der Waals surface area contributed by atoms with E-state index in [0.717, 1.165) is 19.1 Å². The SMILES string of the molecule is CN(C)S(=O)(=O)N1CC2(CC[C@H](CNS(C)(=O)=O)CO2)C1. The molecule has 0 bridgehead atoms. The van der Waals surface area contributed by atoms with Crippen LogP contribution in [0.3, 0.4) is 0 Å². The second kappa shape index (κ2) is 5.74. The summed E-state index contributed by atoms with van der Waals surface area (Å²) in [6, 6.07) is 0. The maximum atomic E-state index is 11.9. The van der Waals surface area contributed by atoms with Crippen LogP contribution in [0.2, 0.25) is 0 Å². The Morgan fingerprint density at radius 2 is 1.90 bits per heavy atom. The van der Waals surface area contributed by atoms with Crippen LogP contribution in [-0.4, -0.2) is 77.6 Å². The molecule has 0 aromatic rings. The Morgan fingerprint density at radius 1 is 1.29 bits per heavy atom. The molecule has 2 rings (SSSR count). The largest absolute Gasteiger partial charge is 0.372 e. The van der Waals surface area contributed by atoms with Crippen LogP contribution in [0.1, 0.15) is 12.8 Å². The average Bonchev–Trinajstić information content (AvgIpc) is 2.33. The van der Waals surface area contributed by atoms with Gasteiger partial charge in [-0.1, -0.05) is 0 Å². The molecule has 2 fully saturated rings. The van der Waals surface area contributed by atoms with Crippen molar-refractivity contribution < 1.29 is 21.6 Å². The highest BCUT2D eigenvalue weighted by Gasteiger charge is 2.51. The van der Waals surface area contributed by atoms with Gasteiger partial charge in [0, 0.05) is 33.7 Å². The molecule has 2 saturated heterocycles. The molecule has 1 atom stereocenters. The molecule has 0 aliphatic carbocycles. The highest BCUT2D eigenvalue weighted by atomic mass is 32.2. The summed E-state index contributed by atoms with van der Waals surface area (Å²) in [5, 5.41) is 0. The van der Waals surface area contributed by atoms with Crippen LogP contribution in [0, 0.1) is 5.92 Å². The molecule has 124 valence electrons. The van der Waals surface area contributed by atoms with Crippen LogP contribution in [0.15, 0.2) is 0 Å². The molecule has 0 unspecified atom stereocenters. The van der Waals surface area contributed by atoms with Crippen LogP contribution < -0.4 is 4.72 Å². The fraction of sp³-hybridized carbons (Fsp3) is 1.00. The predicted octanol–water partition coefficient (Wildman–Crippen LogP) is -1.18. The van der Waals surface area contributed by atoms with Crippen molar-refractivity contribution in [1.82, 2.24) is 13.3 Å². The van der Waals surface area contributed by atoms with Gasteiger partial charge in [-0.3, -0.25) is 0 Å². The van der Waals surface area contributed by atoms with Gasteiger partial charge in [0.1, 0.15) is 0 Å². The van der Waals surface area contributed by atoms with Crippen LogP contribution in [-0.2, 0) is 25.0 Å². The van der Waals surface area contributed by atoms with E-state index in [1.54, 1.807) is 0 Å². The van der Waals surface area contributed by atoms with Crippen molar-refractivity contribution in [3.63, 3.8) is 0 Å². The Morgan fingerprint density at radius 3 is 2.33 bits per heavy atom. The summed E-state index contributed by atoms with van der Waals surface area (Å²) in [5.41, 5.74) is -0.384. The van der Waals surface area contributed by atoms with Crippen molar-refractivity contribution in [2.24, 2.45) is 5.92 Å². The number of hydrogen-bond acceptors (Lipinski definition) is 5. The molecule has 1 spiro atoms. The number of nitrogens with zero attached hydrogens (tertiary/aromatic N) is 2. The Balaban J connectivity index is 1.81. The van der Waals surface area contributed by atoms with Gasteiger partial charge in [0.05, 0.1) is 18.5 Å². The zero-order valence-corrected chi connectivity index (χ0v) is 14.2. The lowest BCUT2D eigenvalue weighted by molar-refractivity contribution is -0.156. The van der Waals surface area contributed by atoms with Crippen LogP contribution in [0.5, 0.6) is 0 Å². The standard InChI is InChI=1S/C11H23N3O5S2/c1-13(2)21(17,18)14-8-11(9-14)5-4-10(7-19-11)6-12-20(3,15)16/h10,12H,4-9H2,1-3H3/t10-/m1/s1. The second-order valence-electron chi connectivity index (χ2n) is 6.08.